The number of phenolic OH excluding ortho intramolecular Hbond substituents is 1. The first-order valence-corrected chi connectivity index (χ1v) is 11.8. The first kappa shape index (κ1) is 22.7. The average molecular weight is 474 g/mol. The van der Waals surface area contributed by atoms with Gasteiger partial charge in [0.1, 0.15) is 17.5 Å². The van der Waals surface area contributed by atoms with Crippen LogP contribution in [0.5, 0.6) is 11.5 Å². The van der Waals surface area contributed by atoms with Crippen LogP contribution >= 0.6 is 15.9 Å². The van der Waals surface area contributed by atoms with E-state index in [1.807, 2.05) is 31.2 Å². The molecule has 0 saturated heterocycles. The predicted molar refractivity (Wildman–Crippen MR) is 126 cm³/mol. The van der Waals surface area contributed by atoms with Crippen LogP contribution in [0.3, 0.4) is 0 Å². The molecule has 0 fully saturated rings. The highest BCUT2D eigenvalue weighted by molar-refractivity contribution is 9.10. The van der Waals surface area contributed by atoms with E-state index in [4.69, 9.17) is 4.74 Å². The van der Waals surface area contributed by atoms with Crippen LogP contribution < -0.4 is 15.4 Å². The van der Waals surface area contributed by atoms with E-state index in [2.05, 4.69) is 58.6 Å². The lowest BCUT2D eigenvalue weighted by molar-refractivity contribution is -0.758. The molecule has 0 bridgehead atoms. The molecular weight excluding hydrogens is 440 g/mol. The van der Waals surface area contributed by atoms with E-state index in [0.29, 0.717) is 12.4 Å². The zero-order chi connectivity index (χ0) is 21.6. The fourth-order valence-corrected chi connectivity index (χ4v) is 4.50. The second kappa shape index (κ2) is 10.4. The molecular formula is C25H34BrN2O2+. The zero-order valence-electron chi connectivity index (χ0n) is 18.2. The molecule has 4 N–H and O–H groups in total. The van der Waals surface area contributed by atoms with Crippen molar-refractivity contribution in [2.24, 2.45) is 0 Å². The second-order valence-corrected chi connectivity index (χ2v) is 9.20. The van der Waals surface area contributed by atoms with E-state index >= 15 is 0 Å². The summed E-state index contributed by atoms with van der Waals surface area (Å²) >= 11 is 3.56. The van der Waals surface area contributed by atoms with E-state index in [1.165, 1.54) is 25.7 Å². The molecule has 162 valence electrons. The topological polar surface area (TPSA) is 58.1 Å². The molecule has 0 amide bonds. The summed E-state index contributed by atoms with van der Waals surface area (Å²) in [5.74, 6) is 1.21. The molecule has 0 aliphatic carbocycles. The lowest BCUT2D eigenvalue weighted by Crippen LogP contribution is -3.01. The van der Waals surface area contributed by atoms with E-state index in [9.17, 15) is 5.11 Å². The maximum Gasteiger partial charge on any atom is 0.167 e. The molecule has 1 aliphatic heterocycles. The van der Waals surface area contributed by atoms with Crippen molar-refractivity contribution in [1.82, 2.24) is 5.32 Å². The van der Waals surface area contributed by atoms with Gasteiger partial charge in [0.15, 0.2) is 5.66 Å². The third-order valence-electron chi connectivity index (χ3n) is 5.69. The molecule has 0 aromatic heterocycles. The predicted octanol–water partition coefficient (Wildman–Crippen LogP) is 5.49. The normalized spacial score (nSPS) is 21.1. The third-order valence-corrected chi connectivity index (χ3v) is 6.18. The maximum absolute atomic E-state index is 10.5. The molecule has 0 saturated carbocycles. The van der Waals surface area contributed by atoms with Crippen LogP contribution in [-0.2, 0) is 0 Å². The van der Waals surface area contributed by atoms with Gasteiger partial charge >= 0.3 is 0 Å². The van der Waals surface area contributed by atoms with Crippen LogP contribution in [-0.4, -0.2) is 17.4 Å². The van der Waals surface area contributed by atoms with Gasteiger partial charge in [0.25, 0.3) is 0 Å². The number of aromatic hydroxyl groups is 1. The quantitative estimate of drug-likeness (QED) is 0.422. The number of ether oxygens (including phenoxy) is 1. The van der Waals surface area contributed by atoms with E-state index in [1.54, 1.807) is 6.07 Å². The Morgan fingerprint density at radius 2 is 1.87 bits per heavy atom. The van der Waals surface area contributed by atoms with Crippen LogP contribution in [0.25, 0.3) is 5.70 Å². The summed E-state index contributed by atoms with van der Waals surface area (Å²) in [5, 5.41) is 16.7. The number of nitrogens with one attached hydrogen (secondary N) is 1. The fourth-order valence-electron chi connectivity index (χ4n) is 4.12. The first-order valence-electron chi connectivity index (χ1n) is 11.0. The van der Waals surface area contributed by atoms with E-state index in [0.717, 1.165) is 33.5 Å². The van der Waals surface area contributed by atoms with Gasteiger partial charge in [0, 0.05) is 29.6 Å². The van der Waals surface area contributed by atoms with Gasteiger partial charge in [-0.15, -0.1) is 0 Å². The Kier molecular flexibility index (Phi) is 7.84. The number of unbranched alkanes of at least 4 members (excludes halogenated alkanes) is 3. The van der Waals surface area contributed by atoms with Crippen LogP contribution in [0.15, 0.2) is 53.0 Å². The highest BCUT2D eigenvalue weighted by Gasteiger charge is 2.37. The molecule has 2 atom stereocenters. The number of nitrogens with two attached hydrogens (primary N) is 1. The SMILES string of the molecule is CCCCCCC1(C)NC(c2ccc(OCC)cc2)=CC(c2cc(Br)ccc2O)[NH2+]1. The van der Waals surface area contributed by atoms with Crippen molar-refractivity contribution in [3.63, 3.8) is 0 Å². The molecule has 0 spiro atoms. The Bertz CT molecular complexity index is 866. The Morgan fingerprint density at radius 3 is 2.57 bits per heavy atom. The number of halogens is 1. The molecule has 1 heterocycles. The average Bonchev–Trinajstić information content (AvgIpc) is 2.73. The molecule has 2 aromatic rings. The van der Waals surface area contributed by atoms with Gasteiger partial charge in [-0.3, -0.25) is 0 Å². The van der Waals surface area contributed by atoms with Gasteiger partial charge in [-0.25, -0.2) is 0 Å². The summed E-state index contributed by atoms with van der Waals surface area (Å²) in [5.41, 5.74) is 3.01. The summed E-state index contributed by atoms with van der Waals surface area (Å²) < 4.78 is 6.58. The van der Waals surface area contributed by atoms with Crippen LogP contribution in [0, 0.1) is 0 Å². The summed E-state index contributed by atoms with van der Waals surface area (Å²) in [7, 11) is 0. The van der Waals surface area contributed by atoms with Gasteiger partial charge in [-0.05, 0) is 61.4 Å². The number of rotatable bonds is 9. The lowest BCUT2D eigenvalue weighted by atomic mass is 9.93. The monoisotopic (exact) mass is 473 g/mol. The Balaban J connectivity index is 1.91. The molecule has 2 aromatic carbocycles. The molecule has 0 radical (unpaired) electrons. The van der Waals surface area contributed by atoms with Gasteiger partial charge < -0.3 is 20.5 Å². The van der Waals surface area contributed by atoms with Gasteiger partial charge in [0.05, 0.1) is 12.2 Å². The minimum Gasteiger partial charge on any atom is -0.507 e. The third kappa shape index (κ3) is 5.79. The van der Waals surface area contributed by atoms with Crippen molar-refractivity contribution in [3.05, 3.63) is 64.1 Å². The van der Waals surface area contributed by atoms with Gasteiger partial charge in [-0.2, -0.15) is 0 Å². The van der Waals surface area contributed by atoms with Crippen molar-refractivity contribution in [2.45, 2.75) is 64.6 Å². The number of quaternary nitrogens is 1. The van der Waals surface area contributed by atoms with Crippen molar-refractivity contribution < 1.29 is 15.2 Å². The number of phenols is 1. The molecule has 3 rings (SSSR count). The summed E-state index contributed by atoms with van der Waals surface area (Å²) in [6, 6.07) is 13.9. The minimum atomic E-state index is -0.143. The van der Waals surface area contributed by atoms with Crippen molar-refractivity contribution in [3.8, 4) is 11.5 Å². The Morgan fingerprint density at radius 1 is 1.10 bits per heavy atom. The number of hydrogen-bond donors (Lipinski definition) is 3. The lowest BCUT2D eigenvalue weighted by Gasteiger charge is -2.38. The molecule has 30 heavy (non-hydrogen) atoms. The molecule has 1 aliphatic rings. The van der Waals surface area contributed by atoms with Crippen molar-refractivity contribution in [1.29, 1.82) is 0 Å². The Hall–Kier alpha value is -1.98. The number of hydrogen-bond acceptors (Lipinski definition) is 3. The molecule has 5 heteroatoms. The van der Waals surface area contributed by atoms with Crippen molar-refractivity contribution >= 4 is 21.6 Å². The number of benzene rings is 2. The highest BCUT2D eigenvalue weighted by atomic mass is 79.9. The standard InChI is InChI=1S/C25H33BrN2O2/c1-4-6-7-8-15-25(3)27-22(18-9-12-20(13-10-18)30-5-2)17-23(28-25)21-16-19(26)11-14-24(21)29/h9-14,16-17,23,27-29H,4-8,15H2,1-3H3/p+1. The fraction of sp³-hybridized carbons (Fsp3) is 0.440. The van der Waals surface area contributed by atoms with Gasteiger partial charge in [0.2, 0.25) is 0 Å². The van der Waals surface area contributed by atoms with E-state index in [-0.39, 0.29) is 11.7 Å². The first-order chi connectivity index (χ1) is 14.4. The molecule has 4 nitrogen and oxygen atoms in total. The van der Waals surface area contributed by atoms with Gasteiger partial charge in [-0.1, -0.05) is 42.1 Å². The largest absolute Gasteiger partial charge is 0.507 e. The summed E-state index contributed by atoms with van der Waals surface area (Å²) in [4.78, 5) is 0. The van der Waals surface area contributed by atoms with Crippen LogP contribution in [0.1, 0.15) is 70.0 Å². The van der Waals surface area contributed by atoms with Crippen LogP contribution in [0.4, 0.5) is 0 Å². The maximum atomic E-state index is 10.5. The molecule has 2 unspecified atom stereocenters. The second-order valence-electron chi connectivity index (χ2n) is 8.29. The van der Waals surface area contributed by atoms with Crippen LogP contribution in [0.2, 0.25) is 0 Å². The smallest absolute Gasteiger partial charge is 0.167 e. The summed E-state index contributed by atoms with van der Waals surface area (Å²) in [6.45, 7) is 7.16. The van der Waals surface area contributed by atoms with E-state index < -0.39 is 0 Å². The highest BCUT2D eigenvalue weighted by Crippen LogP contribution is 2.31. The van der Waals surface area contributed by atoms with Crippen molar-refractivity contribution in [2.75, 3.05) is 6.61 Å². The Labute approximate surface area is 188 Å². The minimum absolute atomic E-state index is 0.0292. The zero-order valence-corrected chi connectivity index (χ0v) is 19.8. The summed E-state index contributed by atoms with van der Waals surface area (Å²) in [6.07, 6.45) is 8.21.